The zero-order valence-corrected chi connectivity index (χ0v) is 18.9. The summed E-state index contributed by atoms with van der Waals surface area (Å²) in [5.74, 6) is 3.41. The molecule has 10 nitrogen and oxygen atoms in total. The van der Waals surface area contributed by atoms with Crippen molar-refractivity contribution in [3.8, 4) is 17.2 Å². The summed E-state index contributed by atoms with van der Waals surface area (Å²) in [5, 5.41) is 4.28. The number of hydrogen-bond acceptors (Lipinski definition) is 8. The van der Waals surface area contributed by atoms with Crippen LogP contribution in [0.4, 0.5) is 5.82 Å². The molecule has 0 spiro atoms. The van der Waals surface area contributed by atoms with E-state index < -0.39 is 0 Å². The molecule has 170 valence electrons. The van der Waals surface area contributed by atoms with Crippen molar-refractivity contribution in [1.29, 1.82) is 0 Å². The van der Waals surface area contributed by atoms with E-state index in [0.717, 1.165) is 30.2 Å². The summed E-state index contributed by atoms with van der Waals surface area (Å²) in [6.45, 7) is 4.70. The summed E-state index contributed by atoms with van der Waals surface area (Å²) >= 11 is 0. The van der Waals surface area contributed by atoms with Gasteiger partial charge in [-0.2, -0.15) is 14.6 Å². The highest BCUT2D eigenvalue weighted by molar-refractivity contribution is 5.77. The third-order valence-corrected chi connectivity index (χ3v) is 5.71. The average molecular weight is 441 g/mol. The summed E-state index contributed by atoms with van der Waals surface area (Å²) in [7, 11) is 4.75. The fraction of sp³-hybridized carbons (Fsp3) is 0.455. The predicted octanol–water partition coefficient (Wildman–Crippen LogP) is 1.74. The minimum atomic E-state index is 0.123. The van der Waals surface area contributed by atoms with E-state index in [1.165, 1.54) is 6.33 Å². The van der Waals surface area contributed by atoms with Gasteiger partial charge >= 0.3 is 0 Å². The summed E-state index contributed by atoms with van der Waals surface area (Å²) in [4.78, 5) is 25.6. The van der Waals surface area contributed by atoms with Crippen molar-refractivity contribution in [1.82, 2.24) is 24.5 Å². The number of anilines is 1. The quantitative estimate of drug-likeness (QED) is 0.548. The van der Waals surface area contributed by atoms with E-state index in [-0.39, 0.29) is 5.91 Å². The first kappa shape index (κ1) is 21.7. The molecule has 0 N–H and O–H groups in total. The second-order valence-corrected chi connectivity index (χ2v) is 7.59. The lowest BCUT2D eigenvalue weighted by Gasteiger charge is -2.36. The molecule has 1 fully saturated rings. The first-order valence-corrected chi connectivity index (χ1v) is 10.5. The fourth-order valence-corrected chi connectivity index (χ4v) is 4.08. The van der Waals surface area contributed by atoms with Crippen molar-refractivity contribution < 1.29 is 19.0 Å². The Bertz CT molecular complexity index is 1110. The SMILES string of the molecule is COc1ccc(CCC(=O)N2CCN(c3cc(C)nc4ncnn34)CC2)c(OC)c1OC. The molecule has 32 heavy (non-hydrogen) atoms. The van der Waals surface area contributed by atoms with Gasteiger partial charge in [-0.15, -0.1) is 0 Å². The zero-order valence-electron chi connectivity index (χ0n) is 18.9. The van der Waals surface area contributed by atoms with Crippen molar-refractivity contribution in [2.24, 2.45) is 0 Å². The summed E-state index contributed by atoms with van der Waals surface area (Å²) in [6.07, 6.45) is 2.46. The lowest BCUT2D eigenvalue weighted by molar-refractivity contribution is -0.131. The Balaban J connectivity index is 1.39. The number of aromatic nitrogens is 4. The number of aryl methyl sites for hydroxylation is 2. The van der Waals surface area contributed by atoms with Gasteiger partial charge in [0.25, 0.3) is 5.78 Å². The van der Waals surface area contributed by atoms with E-state index in [1.54, 1.807) is 25.8 Å². The smallest absolute Gasteiger partial charge is 0.254 e. The highest BCUT2D eigenvalue weighted by Crippen LogP contribution is 2.40. The summed E-state index contributed by atoms with van der Waals surface area (Å²) in [6, 6.07) is 5.75. The van der Waals surface area contributed by atoms with Crippen LogP contribution in [0.1, 0.15) is 17.7 Å². The molecule has 1 amide bonds. The standard InChI is InChI=1S/C22H28N6O4/c1-15-13-18(28-22(25-15)23-14-24-28)26-9-11-27(12-10-26)19(29)8-6-16-5-7-17(30-2)21(32-4)20(16)31-3/h5,7,13-14H,6,8-12H2,1-4H3. The molecule has 4 rings (SSSR count). The van der Waals surface area contributed by atoms with E-state index in [0.29, 0.717) is 49.0 Å². The number of piperazine rings is 1. The molecular formula is C22H28N6O4. The molecular weight excluding hydrogens is 412 g/mol. The van der Waals surface area contributed by atoms with Crippen molar-refractivity contribution in [3.05, 3.63) is 35.8 Å². The number of rotatable bonds is 7. The minimum Gasteiger partial charge on any atom is -0.493 e. The van der Waals surface area contributed by atoms with Crippen LogP contribution in [0.25, 0.3) is 5.78 Å². The highest BCUT2D eigenvalue weighted by atomic mass is 16.5. The number of hydrogen-bond donors (Lipinski definition) is 0. The molecule has 10 heteroatoms. The number of benzene rings is 1. The van der Waals surface area contributed by atoms with Crippen LogP contribution in [0.15, 0.2) is 24.5 Å². The predicted molar refractivity (Wildman–Crippen MR) is 119 cm³/mol. The van der Waals surface area contributed by atoms with E-state index >= 15 is 0 Å². The van der Waals surface area contributed by atoms with Gasteiger partial charge in [0.1, 0.15) is 12.1 Å². The van der Waals surface area contributed by atoms with Gasteiger partial charge in [0.15, 0.2) is 11.5 Å². The van der Waals surface area contributed by atoms with E-state index in [1.807, 2.05) is 30.0 Å². The maximum absolute atomic E-state index is 12.9. The maximum Gasteiger partial charge on any atom is 0.254 e. The molecule has 0 atom stereocenters. The number of amides is 1. The van der Waals surface area contributed by atoms with E-state index in [2.05, 4.69) is 20.0 Å². The Morgan fingerprint density at radius 3 is 2.47 bits per heavy atom. The molecule has 3 heterocycles. The van der Waals surface area contributed by atoms with Crippen LogP contribution in [0, 0.1) is 6.92 Å². The second-order valence-electron chi connectivity index (χ2n) is 7.59. The Labute approximate surface area is 186 Å². The molecule has 0 bridgehead atoms. The summed E-state index contributed by atoms with van der Waals surface area (Å²) in [5.41, 5.74) is 1.81. The number of nitrogens with zero attached hydrogens (tertiary/aromatic N) is 6. The van der Waals surface area contributed by atoms with Crippen molar-refractivity contribution >= 4 is 17.5 Å². The van der Waals surface area contributed by atoms with E-state index in [9.17, 15) is 4.79 Å². The second kappa shape index (κ2) is 9.29. The Kier molecular flexibility index (Phi) is 6.29. The van der Waals surface area contributed by atoms with Gasteiger partial charge in [-0.25, -0.2) is 4.98 Å². The molecule has 1 aromatic carbocycles. The Morgan fingerprint density at radius 1 is 1.03 bits per heavy atom. The fourth-order valence-electron chi connectivity index (χ4n) is 4.08. The minimum absolute atomic E-state index is 0.123. The first-order chi connectivity index (χ1) is 15.5. The molecule has 1 saturated heterocycles. The van der Waals surface area contributed by atoms with Crippen molar-refractivity contribution in [2.45, 2.75) is 19.8 Å². The normalized spacial score (nSPS) is 14.0. The topological polar surface area (TPSA) is 94.3 Å². The molecule has 0 aliphatic carbocycles. The average Bonchev–Trinajstić information content (AvgIpc) is 3.29. The molecule has 1 aliphatic heterocycles. The van der Waals surface area contributed by atoms with Crippen LogP contribution in [-0.2, 0) is 11.2 Å². The van der Waals surface area contributed by atoms with Gasteiger partial charge in [0.2, 0.25) is 11.7 Å². The van der Waals surface area contributed by atoms with Gasteiger partial charge in [-0.1, -0.05) is 6.07 Å². The van der Waals surface area contributed by atoms with Gasteiger partial charge in [-0.3, -0.25) is 4.79 Å². The van der Waals surface area contributed by atoms with Gasteiger partial charge in [0.05, 0.1) is 21.3 Å². The van der Waals surface area contributed by atoms with Gasteiger partial charge < -0.3 is 24.0 Å². The molecule has 0 unspecified atom stereocenters. The number of ether oxygens (including phenoxy) is 3. The number of carbonyl (C=O) groups is 1. The van der Waals surface area contributed by atoms with Crippen LogP contribution in [0.2, 0.25) is 0 Å². The van der Waals surface area contributed by atoms with Crippen molar-refractivity contribution in [3.63, 3.8) is 0 Å². The van der Waals surface area contributed by atoms with Crippen LogP contribution in [-0.4, -0.2) is 77.9 Å². The third kappa shape index (κ3) is 4.12. The maximum atomic E-state index is 12.9. The molecule has 1 aliphatic rings. The van der Waals surface area contributed by atoms with Gasteiger partial charge in [-0.05, 0) is 25.0 Å². The Morgan fingerprint density at radius 2 is 1.78 bits per heavy atom. The van der Waals surface area contributed by atoms with Crippen LogP contribution in [0.5, 0.6) is 17.2 Å². The Hall–Kier alpha value is -3.56. The summed E-state index contributed by atoms with van der Waals surface area (Å²) < 4.78 is 18.1. The number of fused-ring (bicyclic) bond motifs is 1. The zero-order chi connectivity index (χ0) is 22.7. The third-order valence-electron chi connectivity index (χ3n) is 5.71. The molecule has 0 radical (unpaired) electrons. The monoisotopic (exact) mass is 440 g/mol. The van der Waals surface area contributed by atoms with Crippen LogP contribution in [0.3, 0.4) is 0 Å². The molecule has 3 aromatic rings. The van der Waals surface area contributed by atoms with Crippen LogP contribution < -0.4 is 19.1 Å². The lowest BCUT2D eigenvalue weighted by Crippen LogP contribution is -2.49. The largest absolute Gasteiger partial charge is 0.493 e. The number of carbonyl (C=O) groups excluding carboxylic acids is 1. The van der Waals surface area contributed by atoms with Crippen molar-refractivity contribution in [2.75, 3.05) is 52.4 Å². The first-order valence-electron chi connectivity index (χ1n) is 10.5. The van der Waals surface area contributed by atoms with Gasteiger partial charge in [0, 0.05) is 44.4 Å². The lowest BCUT2D eigenvalue weighted by atomic mass is 10.1. The van der Waals surface area contributed by atoms with Crippen LogP contribution >= 0.6 is 0 Å². The highest BCUT2D eigenvalue weighted by Gasteiger charge is 2.24. The molecule has 2 aromatic heterocycles. The molecule has 0 saturated carbocycles. The van der Waals surface area contributed by atoms with E-state index in [4.69, 9.17) is 14.2 Å². The number of methoxy groups -OCH3 is 3.